The fraction of sp³-hybridized carbons (Fsp3) is 0.294. The molecule has 0 bridgehead atoms. The third-order valence-corrected chi connectivity index (χ3v) is 5.70. The van der Waals surface area contributed by atoms with Gasteiger partial charge >= 0.3 is 0 Å². The Balaban J connectivity index is 2.16. The molecule has 3 N–H and O–H groups in total. The van der Waals surface area contributed by atoms with Crippen LogP contribution in [0.25, 0.3) is 21.5 Å². The fourth-order valence-electron chi connectivity index (χ4n) is 2.74. The number of aromatic amines is 1. The number of hydrogen-bond acceptors (Lipinski definition) is 2. The van der Waals surface area contributed by atoms with Gasteiger partial charge in [-0.1, -0.05) is 29.3 Å². The zero-order valence-electron chi connectivity index (χ0n) is 12.4. The van der Waals surface area contributed by atoms with Crippen LogP contribution in [0.1, 0.15) is 24.0 Å². The molecule has 3 aromatic rings. The van der Waals surface area contributed by atoms with Gasteiger partial charge in [-0.25, -0.2) is 0 Å². The van der Waals surface area contributed by atoms with Crippen molar-refractivity contribution in [2.45, 2.75) is 26.2 Å². The topological polar surface area (TPSA) is 41.8 Å². The molecule has 1 aromatic carbocycles. The number of aromatic nitrogens is 1. The normalized spacial score (nSPS) is 11.5. The summed E-state index contributed by atoms with van der Waals surface area (Å²) in [4.78, 5) is 4.73. The molecule has 116 valence electrons. The van der Waals surface area contributed by atoms with Gasteiger partial charge in [-0.15, -0.1) is 11.3 Å². The molecule has 5 heteroatoms. The predicted molar refractivity (Wildman–Crippen MR) is 98.4 cm³/mol. The Morgan fingerprint density at radius 2 is 2.05 bits per heavy atom. The molecule has 0 aliphatic heterocycles. The summed E-state index contributed by atoms with van der Waals surface area (Å²) in [5.74, 6) is 0. The first-order valence-corrected chi connectivity index (χ1v) is 8.99. The van der Waals surface area contributed by atoms with Gasteiger partial charge < -0.3 is 10.7 Å². The van der Waals surface area contributed by atoms with Gasteiger partial charge in [0.05, 0.1) is 26.1 Å². The number of hydrogen-bond donors (Lipinski definition) is 2. The molecule has 2 heterocycles. The molecule has 2 nitrogen and oxygen atoms in total. The number of fused-ring (bicyclic) bond motifs is 1. The zero-order valence-corrected chi connectivity index (χ0v) is 14.7. The van der Waals surface area contributed by atoms with E-state index < -0.39 is 0 Å². The molecule has 0 amide bonds. The average molecular weight is 353 g/mol. The smallest absolute Gasteiger partial charge is 0.0833 e. The van der Waals surface area contributed by atoms with Crippen LogP contribution in [0, 0.1) is 6.92 Å². The molecule has 2 aromatic heterocycles. The van der Waals surface area contributed by atoms with Crippen LogP contribution in [0.3, 0.4) is 0 Å². The first kappa shape index (κ1) is 15.9. The van der Waals surface area contributed by atoms with Gasteiger partial charge in [0.1, 0.15) is 0 Å². The molecule has 0 saturated carbocycles. The molecule has 0 atom stereocenters. The van der Waals surface area contributed by atoms with Gasteiger partial charge in [-0.05, 0) is 61.4 Å². The SMILES string of the molecule is Cc1csc(-c2[nH]c3c(Cl)c(Cl)ccc3c2CCCCN)c1. The Kier molecular flexibility index (Phi) is 4.79. The number of halogens is 2. The minimum Gasteiger partial charge on any atom is -0.352 e. The fourth-order valence-corrected chi connectivity index (χ4v) is 4.03. The summed E-state index contributed by atoms with van der Waals surface area (Å²) in [7, 11) is 0. The standard InChI is InChI=1S/C17H18Cl2N2S/c1-10-8-14(22-9-10)16-11(4-2-3-7-20)12-5-6-13(18)15(19)17(12)21-16/h5-6,8-9,21H,2-4,7,20H2,1H3. The monoisotopic (exact) mass is 352 g/mol. The highest BCUT2D eigenvalue weighted by Gasteiger charge is 2.17. The molecule has 0 unspecified atom stereocenters. The van der Waals surface area contributed by atoms with E-state index in [2.05, 4.69) is 29.4 Å². The van der Waals surface area contributed by atoms with Gasteiger partial charge in [0, 0.05) is 5.39 Å². The second-order valence-corrected chi connectivity index (χ2v) is 7.19. The Bertz CT molecular complexity index is 804. The van der Waals surface area contributed by atoms with E-state index in [0.717, 1.165) is 42.4 Å². The summed E-state index contributed by atoms with van der Waals surface area (Å²) in [6, 6.07) is 6.13. The maximum atomic E-state index is 6.39. The van der Waals surface area contributed by atoms with E-state index in [1.165, 1.54) is 16.0 Å². The van der Waals surface area contributed by atoms with Crippen LogP contribution in [0.15, 0.2) is 23.6 Å². The number of nitrogens with one attached hydrogen (secondary N) is 1. The number of benzene rings is 1. The molecular weight excluding hydrogens is 335 g/mol. The average Bonchev–Trinajstić information content (AvgIpc) is 3.08. The van der Waals surface area contributed by atoms with Crippen LogP contribution in [0.4, 0.5) is 0 Å². The van der Waals surface area contributed by atoms with Crippen molar-refractivity contribution in [3.8, 4) is 10.6 Å². The number of rotatable bonds is 5. The number of nitrogens with two attached hydrogens (primary N) is 1. The van der Waals surface area contributed by atoms with Gasteiger partial charge in [0.25, 0.3) is 0 Å². The Labute approximate surface area is 144 Å². The molecule has 0 fully saturated rings. The Morgan fingerprint density at radius 3 is 2.73 bits per heavy atom. The van der Waals surface area contributed by atoms with Gasteiger partial charge in [0.2, 0.25) is 0 Å². The second kappa shape index (κ2) is 6.63. The summed E-state index contributed by atoms with van der Waals surface area (Å²) >= 11 is 14.3. The van der Waals surface area contributed by atoms with E-state index in [1.807, 2.05) is 6.07 Å². The lowest BCUT2D eigenvalue weighted by Crippen LogP contribution is -1.99. The van der Waals surface area contributed by atoms with Crippen molar-refractivity contribution >= 4 is 45.4 Å². The van der Waals surface area contributed by atoms with Crippen LogP contribution in [0.2, 0.25) is 10.0 Å². The Morgan fingerprint density at radius 1 is 1.23 bits per heavy atom. The maximum absolute atomic E-state index is 6.39. The van der Waals surface area contributed by atoms with E-state index >= 15 is 0 Å². The van der Waals surface area contributed by atoms with Crippen molar-refractivity contribution in [3.63, 3.8) is 0 Å². The maximum Gasteiger partial charge on any atom is 0.0833 e. The molecule has 0 saturated heterocycles. The largest absolute Gasteiger partial charge is 0.352 e. The van der Waals surface area contributed by atoms with Gasteiger partial charge in [-0.3, -0.25) is 0 Å². The van der Waals surface area contributed by atoms with Crippen molar-refractivity contribution < 1.29 is 0 Å². The number of thiophene rings is 1. The van der Waals surface area contributed by atoms with Crippen LogP contribution in [-0.4, -0.2) is 11.5 Å². The quantitative estimate of drug-likeness (QED) is 0.560. The molecule has 0 radical (unpaired) electrons. The number of aryl methyl sites for hydroxylation is 2. The summed E-state index contributed by atoms with van der Waals surface area (Å²) in [5, 5.41) is 4.50. The van der Waals surface area contributed by atoms with Crippen molar-refractivity contribution in [1.29, 1.82) is 0 Å². The lowest BCUT2D eigenvalue weighted by molar-refractivity contribution is 0.748. The van der Waals surface area contributed by atoms with Gasteiger partial charge in [-0.2, -0.15) is 0 Å². The van der Waals surface area contributed by atoms with E-state index in [4.69, 9.17) is 28.9 Å². The second-order valence-electron chi connectivity index (χ2n) is 5.50. The van der Waals surface area contributed by atoms with E-state index in [1.54, 1.807) is 11.3 Å². The van der Waals surface area contributed by atoms with Crippen molar-refractivity contribution in [3.05, 3.63) is 44.8 Å². The van der Waals surface area contributed by atoms with Crippen molar-refractivity contribution in [2.75, 3.05) is 6.54 Å². The number of unbranched alkanes of at least 4 members (excludes halogenated alkanes) is 1. The van der Waals surface area contributed by atoms with Crippen LogP contribution >= 0.6 is 34.5 Å². The molecule has 0 spiro atoms. The van der Waals surface area contributed by atoms with E-state index in [9.17, 15) is 0 Å². The lowest BCUT2D eigenvalue weighted by Gasteiger charge is -2.03. The summed E-state index contributed by atoms with van der Waals surface area (Å²) < 4.78 is 0. The van der Waals surface area contributed by atoms with E-state index in [-0.39, 0.29) is 0 Å². The molecule has 0 aliphatic carbocycles. The van der Waals surface area contributed by atoms with Crippen LogP contribution in [-0.2, 0) is 6.42 Å². The molecule has 0 aliphatic rings. The van der Waals surface area contributed by atoms with Crippen LogP contribution < -0.4 is 5.73 Å². The zero-order chi connectivity index (χ0) is 15.7. The lowest BCUT2D eigenvalue weighted by atomic mass is 10.0. The predicted octanol–water partition coefficient (Wildman–Crippen LogP) is 5.79. The Hall–Kier alpha value is -1.00. The highest BCUT2D eigenvalue weighted by atomic mass is 35.5. The first-order valence-electron chi connectivity index (χ1n) is 7.36. The minimum absolute atomic E-state index is 0.581. The van der Waals surface area contributed by atoms with Crippen molar-refractivity contribution in [2.24, 2.45) is 5.73 Å². The summed E-state index contributed by atoms with van der Waals surface area (Å²) in [6.45, 7) is 2.84. The third-order valence-electron chi connectivity index (χ3n) is 3.83. The van der Waals surface area contributed by atoms with Gasteiger partial charge in [0.15, 0.2) is 0 Å². The highest BCUT2D eigenvalue weighted by Crippen LogP contribution is 2.39. The molecule has 3 rings (SSSR count). The van der Waals surface area contributed by atoms with Crippen LogP contribution in [0.5, 0.6) is 0 Å². The molecular formula is C17H18Cl2N2S. The highest BCUT2D eigenvalue weighted by molar-refractivity contribution is 7.13. The number of H-pyrrole nitrogens is 1. The summed E-state index contributed by atoms with van der Waals surface area (Å²) in [6.07, 6.45) is 3.08. The van der Waals surface area contributed by atoms with E-state index in [0.29, 0.717) is 10.0 Å². The third kappa shape index (κ3) is 2.91. The van der Waals surface area contributed by atoms with Crippen molar-refractivity contribution in [1.82, 2.24) is 4.98 Å². The molecule has 22 heavy (non-hydrogen) atoms. The first-order chi connectivity index (χ1) is 10.6. The summed E-state index contributed by atoms with van der Waals surface area (Å²) in [5.41, 5.74) is 10.3. The minimum atomic E-state index is 0.581.